The van der Waals surface area contributed by atoms with Gasteiger partial charge in [0.2, 0.25) is 5.91 Å². The molecule has 0 saturated carbocycles. The number of carboxylic acid groups (broad SMARTS) is 1. The number of likely N-dealkylation sites (N-methyl/N-ethyl adjacent to an activating group) is 1. The Labute approximate surface area is 104 Å². The Kier molecular flexibility index (Phi) is 3.05. The first-order valence-electron chi connectivity index (χ1n) is 5.47. The van der Waals surface area contributed by atoms with Crippen molar-refractivity contribution >= 4 is 23.4 Å². The zero-order chi connectivity index (χ0) is 13.3. The fourth-order valence-electron chi connectivity index (χ4n) is 1.77. The highest BCUT2D eigenvalue weighted by Crippen LogP contribution is 2.19. The summed E-state index contributed by atoms with van der Waals surface area (Å²) in [6.07, 6.45) is 1.31. The Morgan fingerprint density at radius 1 is 1.50 bits per heavy atom. The number of nitrogens with two attached hydrogens (primary N) is 1. The van der Waals surface area contributed by atoms with Crippen molar-refractivity contribution in [3.8, 4) is 0 Å². The van der Waals surface area contributed by atoms with Crippen LogP contribution >= 0.6 is 0 Å². The second-order valence-corrected chi connectivity index (χ2v) is 4.17. The molecule has 0 aliphatic carbocycles. The zero-order valence-electron chi connectivity index (χ0n) is 9.96. The van der Waals surface area contributed by atoms with Gasteiger partial charge in [-0.25, -0.2) is 9.78 Å². The van der Waals surface area contributed by atoms with Crippen LogP contribution in [0.3, 0.4) is 0 Å². The Morgan fingerprint density at radius 3 is 2.83 bits per heavy atom. The van der Waals surface area contributed by atoms with Crippen LogP contribution in [0.4, 0.5) is 11.5 Å². The molecule has 1 fully saturated rings. The molecule has 0 unspecified atom stereocenters. The number of nitrogen functional groups attached to an aromatic ring is 1. The van der Waals surface area contributed by atoms with Gasteiger partial charge < -0.3 is 20.6 Å². The van der Waals surface area contributed by atoms with Crippen LogP contribution in [0.1, 0.15) is 10.4 Å². The number of anilines is 2. The van der Waals surface area contributed by atoms with Gasteiger partial charge in [-0.2, -0.15) is 0 Å². The summed E-state index contributed by atoms with van der Waals surface area (Å²) in [5.74, 6) is -0.656. The minimum absolute atomic E-state index is 0.00590. The molecule has 18 heavy (non-hydrogen) atoms. The largest absolute Gasteiger partial charge is 0.478 e. The molecule has 2 heterocycles. The number of nitrogens with zero attached hydrogens (tertiary/aromatic N) is 3. The number of aromatic carboxylic acids is 1. The molecule has 96 valence electrons. The lowest BCUT2D eigenvalue weighted by Gasteiger charge is -2.32. The fraction of sp³-hybridized carbons (Fsp3) is 0.364. The van der Waals surface area contributed by atoms with E-state index in [0.717, 1.165) is 0 Å². The lowest BCUT2D eigenvalue weighted by atomic mass is 10.2. The van der Waals surface area contributed by atoms with E-state index in [1.807, 2.05) is 0 Å². The molecule has 3 N–H and O–H groups in total. The van der Waals surface area contributed by atoms with E-state index in [-0.39, 0.29) is 23.7 Å². The van der Waals surface area contributed by atoms with Crippen LogP contribution in [-0.4, -0.2) is 53.5 Å². The van der Waals surface area contributed by atoms with Gasteiger partial charge in [-0.3, -0.25) is 4.79 Å². The summed E-state index contributed by atoms with van der Waals surface area (Å²) in [6.45, 7) is 1.41. The predicted octanol–water partition coefficient (Wildman–Crippen LogP) is -0.360. The van der Waals surface area contributed by atoms with Crippen molar-refractivity contribution in [3.05, 3.63) is 17.8 Å². The highest BCUT2D eigenvalue weighted by atomic mass is 16.4. The highest BCUT2D eigenvalue weighted by Gasteiger charge is 2.23. The second-order valence-electron chi connectivity index (χ2n) is 4.17. The van der Waals surface area contributed by atoms with Crippen molar-refractivity contribution in [2.75, 3.05) is 37.3 Å². The molecule has 2 rings (SSSR count). The summed E-state index contributed by atoms with van der Waals surface area (Å²) in [7, 11) is 1.73. The van der Waals surface area contributed by atoms with E-state index >= 15 is 0 Å². The molecule has 7 nitrogen and oxygen atoms in total. The van der Waals surface area contributed by atoms with Gasteiger partial charge in [0, 0.05) is 20.1 Å². The fourth-order valence-corrected chi connectivity index (χ4v) is 1.77. The van der Waals surface area contributed by atoms with Crippen molar-refractivity contribution in [1.82, 2.24) is 9.88 Å². The maximum Gasteiger partial charge on any atom is 0.337 e. The van der Waals surface area contributed by atoms with E-state index in [9.17, 15) is 9.59 Å². The first-order valence-corrected chi connectivity index (χ1v) is 5.47. The lowest BCUT2D eigenvalue weighted by Crippen LogP contribution is -2.48. The van der Waals surface area contributed by atoms with Gasteiger partial charge >= 0.3 is 5.97 Å². The van der Waals surface area contributed by atoms with Crippen LogP contribution in [0.5, 0.6) is 0 Å². The monoisotopic (exact) mass is 250 g/mol. The number of hydrogen-bond acceptors (Lipinski definition) is 5. The number of piperazine rings is 1. The van der Waals surface area contributed by atoms with E-state index < -0.39 is 5.97 Å². The van der Waals surface area contributed by atoms with Crippen molar-refractivity contribution in [2.45, 2.75) is 0 Å². The third kappa shape index (κ3) is 2.20. The molecular weight excluding hydrogens is 236 g/mol. The number of carbonyl (C=O) groups is 2. The van der Waals surface area contributed by atoms with Crippen molar-refractivity contribution in [2.24, 2.45) is 0 Å². The van der Waals surface area contributed by atoms with E-state index in [4.69, 9.17) is 10.8 Å². The zero-order valence-corrected chi connectivity index (χ0v) is 9.96. The normalized spacial score (nSPS) is 15.9. The van der Waals surface area contributed by atoms with Gasteiger partial charge in [0.1, 0.15) is 5.82 Å². The Bertz CT molecular complexity index is 503. The number of pyridine rings is 1. The summed E-state index contributed by atoms with van der Waals surface area (Å²) in [6, 6.07) is 1.40. The molecule has 0 spiro atoms. The van der Waals surface area contributed by atoms with Crippen LogP contribution in [-0.2, 0) is 4.79 Å². The molecule has 0 radical (unpaired) electrons. The number of carboxylic acids is 1. The maximum atomic E-state index is 11.6. The number of amides is 1. The Morgan fingerprint density at radius 2 is 2.22 bits per heavy atom. The minimum Gasteiger partial charge on any atom is -0.478 e. The van der Waals surface area contributed by atoms with E-state index in [1.54, 1.807) is 16.8 Å². The molecule has 1 amide bonds. The number of aromatic nitrogens is 1. The SMILES string of the molecule is CN1CCN(c2cc(C(=O)O)c(N)cn2)CC1=O. The predicted molar refractivity (Wildman–Crippen MR) is 65.5 cm³/mol. The van der Waals surface area contributed by atoms with Gasteiger partial charge in [0.15, 0.2) is 0 Å². The van der Waals surface area contributed by atoms with E-state index in [0.29, 0.717) is 18.9 Å². The summed E-state index contributed by atoms with van der Waals surface area (Å²) >= 11 is 0. The molecule has 1 aromatic heterocycles. The molecule has 7 heteroatoms. The van der Waals surface area contributed by atoms with Crippen molar-refractivity contribution in [1.29, 1.82) is 0 Å². The topological polar surface area (TPSA) is 99.8 Å². The third-order valence-electron chi connectivity index (χ3n) is 2.93. The average Bonchev–Trinajstić information content (AvgIpc) is 2.33. The second kappa shape index (κ2) is 4.52. The Balaban J connectivity index is 2.26. The molecule has 0 aromatic carbocycles. The molecular formula is C11H14N4O3. The van der Waals surface area contributed by atoms with Crippen LogP contribution in [0.25, 0.3) is 0 Å². The maximum absolute atomic E-state index is 11.6. The molecule has 1 saturated heterocycles. The van der Waals surface area contributed by atoms with Crippen LogP contribution in [0, 0.1) is 0 Å². The van der Waals surface area contributed by atoms with E-state index in [2.05, 4.69) is 4.98 Å². The smallest absolute Gasteiger partial charge is 0.337 e. The standard InChI is InChI=1S/C11H14N4O3/c1-14-2-3-15(6-10(14)16)9-4-7(11(17)18)8(12)5-13-9/h4-5H,2-3,6,12H2,1H3,(H,17,18). The molecule has 1 aliphatic rings. The lowest BCUT2D eigenvalue weighted by molar-refractivity contribution is -0.129. The van der Waals surface area contributed by atoms with Gasteiger partial charge in [0.25, 0.3) is 0 Å². The summed E-state index contributed by atoms with van der Waals surface area (Å²) in [5, 5.41) is 8.98. The van der Waals surface area contributed by atoms with Crippen LogP contribution < -0.4 is 10.6 Å². The number of rotatable bonds is 2. The first kappa shape index (κ1) is 12.2. The third-order valence-corrected chi connectivity index (χ3v) is 2.93. The molecule has 1 aliphatic heterocycles. The summed E-state index contributed by atoms with van der Waals surface area (Å²) < 4.78 is 0. The highest BCUT2D eigenvalue weighted by molar-refractivity contribution is 5.94. The Hall–Kier alpha value is -2.31. The molecule has 0 bridgehead atoms. The van der Waals surface area contributed by atoms with Gasteiger partial charge in [0.05, 0.1) is 24.0 Å². The quantitative estimate of drug-likeness (QED) is 0.743. The van der Waals surface area contributed by atoms with Crippen LogP contribution in [0.15, 0.2) is 12.3 Å². The number of hydrogen-bond donors (Lipinski definition) is 2. The minimum atomic E-state index is -1.10. The van der Waals surface area contributed by atoms with Crippen molar-refractivity contribution in [3.63, 3.8) is 0 Å². The first-order chi connectivity index (χ1) is 8.49. The average molecular weight is 250 g/mol. The van der Waals surface area contributed by atoms with Gasteiger partial charge in [-0.05, 0) is 6.07 Å². The molecule has 0 atom stereocenters. The van der Waals surface area contributed by atoms with E-state index in [1.165, 1.54) is 12.3 Å². The molecule has 1 aromatic rings. The summed E-state index contributed by atoms with van der Waals surface area (Å²) in [4.78, 5) is 30.0. The number of carbonyl (C=O) groups excluding carboxylic acids is 1. The van der Waals surface area contributed by atoms with Crippen LogP contribution in [0.2, 0.25) is 0 Å². The summed E-state index contributed by atoms with van der Waals surface area (Å²) in [5.41, 5.74) is 5.66. The van der Waals surface area contributed by atoms with Gasteiger partial charge in [-0.15, -0.1) is 0 Å². The van der Waals surface area contributed by atoms with Gasteiger partial charge in [-0.1, -0.05) is 0 Å². The van der Waals surface area contributed by atoms with Crippen molar-refractivity contribution < 1.29 is 14.7 Å².